The Labute approximate surface area is 677 Å². The molecule has 9 atom stereocenters. The fourth-order valence-corrected chi connectivity index (χ4v) is 21.7. The van der Waals surface area contributed by atoms with Crippen LogP contribution in [-0.2, 0) is 14.4 Å². The first-order valence-electron chi connectivity index (χ1n) is 28.1. The number of nitrogens with zero attached hydrogens (tertiary/aromatic N) is 6. The highest BCUT2D eigenvalue weighted by molar-refractivity contribution is 14.1. The molecule has 0 saturated carbocycles. The Morgan fingerprint density at radius 2 is 0.536 bits per heavy atom. The van der Waals surface area contributed by atoms with Gasteiger partial charge in [0.1, 0.15) is 18.3 Å². The average molecular weight is 2380 g/mol. The van der Waals surface area contributed by atoms with Crippen LogP contribution in [0.2, 0.25) is 0 Å². The van der Waals surface area contributed by atoms with Crippen molar-refractivity contribution < 1.29 is 120 Å². The number of amides is 9. The SMILES string of the molecule is CN(CCCN(CCN(C)C(=O)c1c(I)c(NC(=O)C(O)C(O)CO)c(I)c(C(=O)N(C)CC(O)CO)c1I)C(=O)c1c(I)c(NC(=O)C(O)C(O)CO)c(I)c(C(=O)N(C)CC(O)CO)c1I)C(=O)c1c(I)c(NC(=O)C(O)C(O)CO)c(I)c(C(=O)N(C)CC(O)CO)c1I. The normalized spacial score (nSPS) is 14.2. The first-order chi connectivity index (χ1) is 45.2. The lowest BCUT2D eigenvalue weighted by Crippen LogP contribution is -2.43. The average Bonchev–Trinajstić information content (AvgIpc) is 0.775. The van der Waals surface area contributed by atoms with E-state index in [1.165, 1.54) is 45.0 Å². The molecule has 42 heteroatoms. The molecule has 0 aromatic heterocycles. The largest absolute Gasteiger partial charge is 0.394 e. The zero-order valence-electron chi connectivity index (χ0n) is 51.6. The second kappa shape index (κ2) is 41.5. The Kier molecular flexibility index (Phi) is 38.6. The van der Waals surface area contributed by atoms with E-state index in [0.29, 0.717) is 0 Å². The molecule has 0 bridgehead atoms. The third-order valence-corrected chi connectivity index (χ3v) is 23.9. The second-order valence-corrected chi connectivity index (χ2v) is 31.1. The lowest BCUT2D eigenvalue weighted by Gasteiger charge is -2.30. The third kappa shape index (κ3) is 22.7. The van der Waals surface area contributed by atoms with E-state index in [1.807, 2.05) is 0 Å². The topological polar surface area (TPSA) is 513 Å². The molecule has 0 spiro atoms. The molecule has 3 rings (SSSR count). The van der Waals surface area contributed by atoms with Gasteiger partial charge in [-0.1, -0.05) is 0 Å². The van der Waals surface area contributed by atoms with Gasteiger partial charge in [-0.3, -0.25) is 43.2 Å². The fraction of sp³-hybridized carbons (Fsp3) is 0.509. The minimum atomic E-state index is -2.26. The van der Waals surface area contributed by atoms with Gasteiger partial charge in [0.25, 0.3) is 53.2 Å². The van der Waals surface area contributed by atoms with Gasteiger partial charge < -0.3 is 122 Å². The number of carbonyl (C=O) groups excluding carboxylic acids is 9. The Bertz CT molecular complexity index is 3420. The number of halogens is 9. The van der Waals surface area contributed by atoms with Crippen LogP contribution in [0, 0.1) is 32.1 Å². The summed E-state index contributed by atoms with van der Waals surface area (Å²) in [5, 5.41) is 158. The number of carbonyl (C=O) groups is 9. The van der Waals surface area contributed by atoms with Gasteiger partial charge in [-0.25, -0.2) is 0 Å². The standard InChI is InChI=1S/C55H70I9N9O24/c1-68(50(92)26-32(56)28(52(94)70(3)11-20(80)14-74)37(61)41(35(26)59)65-47(89)44(86)23(83)17-77)7-6-8-73(55(97)31-34(58)30(54(96)72(5)13-22(82)16-76)39(63)43(40(31)64)67-49(91)46(88)25(85)19-79)10-9-69(2)51(93)27-33(57)29(53(95)71(4)12-21(81)15-75)38(62)42(36(27)60)66-48(90)45(87)24(84)18-78/h20-25,44-46,74-88H,6-19H2,1-5H3,(H,65,89)(H,66,90)(H,67,91). The Morgan fingerprint density at radius 3 is 0.773 bits per heavy atom. The van der Waals surface area contributed by atoms with Gasteiger partial charge in [0, 0.05) is 91.8 Å². The fourth-order valence-electron chi connectivity index (χ4n) is 8.63. The molecule has 9 unspecified atom stereocenters. The molecule has 97 heavy (non-hydrogen) atoms. The van der Waals surface area contributed by atoms with Gasteiger partial charge in [-0.05, 0) is 210 Å². The number of nitrogens with one attached hydrogen (secondary N) is 3. The van der Waals surface area contributed by atoms with E-state index in [0.717, 1.165) is 19.6 Å². The van der Waals surface area contributed by atoms with Crippen molar-refractivity contribution in [2.24, 2.45) is 0 Å². The molecule has 0 fully saturated rings. The van der Waals surface area contributed by atoms with Crippen molar-refractivity contribution in [1.82, 2.24) is 29.4 Å². The lowest BCUT2D eigenvalue weighted by molar-refractivity contribution is -0.131. The summed E-state index contributed by atoms with van der Waals surface area (Å²) in [5.74, 6) is -8.86. The van der Waals surface area contributed by atoms with E-state index < -0.39 is 180 Å². The van der Waals surface area contributed by atoms with E-state index >= 15 is 9.59 Å². The zero-order chi connectivity index (χ0) is 74.3. The molecule has 18 N–H and O–H groups in total. The van der Waals surface area contributed by atoms with Gasteiger partial charge >= 0.3 is 0 Å². The van der Waals surface area contributed by atoms with Gasteiger partial charge in [0.05, 0.1) is 130 Å². The van der Waals surface area contributed by atoms with Crippen LogP contribution in [0.15, 0.2) is 0 Å². The minimum absolute atomic E-state index is 0.00919. The van der Waals surface area contributed by atoms with Crippen LogP contribution >= 0.6 is 203 Å². The van der Waals surface area contributed by atoms with Crippen molar-refractivity contribution >= 4 is 274 Å². The van der Waals surface area contributed by atoms with Crippen molar-refractivity contribution in [3.05, 3.63) is 65.5 Å². The maximum absolute atomic E-state index is 15.7. The monoisotopic (exact) mass is 2380 g/mol. The molecule has 0 aliphatic carbocycles. The van der Waals surface area contributed by atoms with Crippen LogP contribution < -0.4 is 16.0 Å². The molecule has 0 saturated heterocycles. The lowest BCUT2D eigenvalue weighted by atomic mass is 10.0. The molecule has 33 nitrogen and oxygen atoms in total. The molecular weight excluding hydrogens is 2310 g/mol. The highest BCUT2D eigenvalue weighted by Gasteiger charge is 2.38. The number of likely N-dealkylation sites (N-methyl/N-ethyl adjacent to an activating group) is 4. The van der Waals surface area contributed by atoms with Crippen molar-refractivity contribution in [1.29, 1.82) is 0 Å². The van der Waals surface area contributed by atoms with Crippen LogP contribution in [0.4, 0.5) is 17.1 Å². The summed E-state index contributed by atoms with van der Waals surface area (Å²) in [4.78, 5) is 136. The van der Waals surface area contributed by atoms with Crippen molar-refractivity contribution in [3.63, 3.8) is 0 Å². The predicted molar refractivity (Wildman–Crippen MR) is 422 cm³/mol. The number of rotatable bonds is 34. The highest BCUT2D eigenvalue weighted by Crippen LogP contribution is 2.41. The van der Waals surface area contributed by atoms with Crippen molar-refractivity contribution in [3.8, 4) is 0 Å². The molecule has 3 aromatic carbocycles. The molecule has 0 aliphatic heterocycles. The van der Waals surface area contributed by atoms with E-state index in [2.05, 4.69) is 16.0 Å². The number of hydrogen-bond acceptors (Lipinski definition) is 24. The molecule has 3 aromatic rings. The molecular formula is C55H70I9N9O24. The van der Waals surface area contributed by atoms with Crippen LogP contribution in [0.1, 0.15) is 68.6 Å². The quantitative estimate of drug-likeness (QED) is 0.0281. The smallest absolute Gasteiger partial charge is 0.256 e. The summed E-state index contributed by atoms with van der Waals surface area (Å²) in [6, 6.07) is 0. The second-order valence-electron chi connectivity index (χ2n) is 21.4. The van der Waals surface area contributed by atoms with E-state index in [9.17, 15) is 110 Å². The number of anilines is 3. The van der Waals surface area contributed by atoms with Crippen LogP contribution in [0.25, 0.3) is 0 Å². The summed E-state index contributed by atoms with van der Waals surface area (Å²) in [5.41, 5.74) is -2.01. The van der Waals surface area contributed by atoms with Gasteiger partial charge in [0.15, 0.2) is 18.3 Å². The Hall–Kier alpha value is -1.14. The minimum Gasteiger partial charge on any atom is -0.394 e. The predicted octanol–water partition coefficient (Wildman–Crippen LogP) is -2.26. The Balaban J connectivity index is 2.42. The maximum atomic E-state index is 15.7. The third-order valence-electron chi connectivity index (χ3n) is 14.2. The summed E-state index contributed by atoms with van der Waals surface area (Å²) < 4.78 is -0.103. The first-order valence-corrected chi connectivity index (χ1v) is 37.8. The molecule has 542 valence electrons. The maximum Gasteiger partial charge on any atom is 0.256 e. The Morgan fingerprint density at radius 1 is 0.309 bits per heavy atom. The van der Waals surface area contributed by atoms with Gasteiger partial charge in [-0.2, -0.15) is 0 Å². The summed E-state index contributed by atoms with van der Waals surface area (Å²) in [6.07, 6.45) is -17.0. The summed E-state index contributed by atoms with van der Waals surface area (Å²) >= 11 is 15.4. The number of benzene rings is 3. The van der Waals surface area contributed by atoms with E-state index in [4.69, 9.17) is 0 Å². The molecule has 0 aliphatic rings. The van der Waals surface area contributed by atoms with E-state index in [-0.39, 0.29) is 102 Å². The van der Waals surface area contributed by atoms with Gasteiger partial charge in [0.2, 0.25) is 0 Å². The zero-order valence-corrected chi connectivity index (χ0v) is 71.0. The van der Waals surface area contributed by atoms with Crippen LogP contribution in [0.3, 0.4) is 0 Å². The van der Waals surface area contributed by atoms with E-state index in [1.54, 1.807) is 203 Å². The number of hydrogen-bond donors (Lipinski definition) is 18. The van der Waals surface area contributed by atoms with Crippen molar-refractivity contribution in [2.75, 3.05) is 137 Å². The summed E-state index contributed by atoms with van der Waals surface area (Å²) in [7, 11) is 6.50. The molecule has 0 radical (unpaired) electrons. The number of aliphatic hydroxyl groups is 15. The molecule has 9 amide bonds. The van der Waals surface area contributed by atoms with Crippen LogP contribution in [0.5, 0.6) is 0 Å². The highest BCUT2D eigenvalue weighted by atomic mass is 127. The molecule has 0 heterocycles. The van der Waals surface area contributed by atoms with Gasteiger partial charge in [-0.15, -0.1) is 0 Å². The summed E-state index contributed by atoms with van der Waals surface area (Å²) in [6.45, 7) is -8.09. The van der Waals surface area contributed by atoms with Crippen LogP contribution in [-0.4, -0.2) is 335 Å². The number of aliphatic hydroxyl groups excluding tert-OH is 15. The van der Waals surface area contributed by atoms with Crippen molar-refractivity contribution in [2.45, 2.75) is 61.4 Å². The first kappa shape index (κ1) is 90.1.